The molecule has 0 fully saturated rings. The van der Waals surface area contributed by atoms with Crippen molar-refractivity contribution in [1.29, 1.82) is 5.26 Å². The zero-order chi connectivity index (χ0) is 10.4. The van der Waals surface area contributed by atoms with E-state index in [1.54, 1.807) is 0 Å². The average molecular weight is 207 g/mol. The summed E-state index contributed by atoms with van der Waals surface area (Å²) >= 11 is -0.869. The number of aryl methyl sites for hydroxylation is 1. The second-order valence-corrected chi connectivity index (χ2v) is 4.68. The fraction of sp³-hybridized carbons (Fsp3) is 0.364. The summed E-state index contributed by atoms with van der Waals surface area (Å²) in [6.07, 6.45) is 1.31. The first kappa shape index (κ1) is 11.1. The molecule has 0 aliphatic heterocycles. The van der Waals surface area contributed by atoms with Gasteiger partial charge >= 0.3 is 0 Å². The first-order valence-electron chi connectivity index (χ1n) is 4.62. The third-order valence-corrected chi connectivity index (χ3v) is 3.30. The maximum atomic E-state index is 11.4. The largest absolute Gasteiger partial charge is 0.611 e. The van der Waals surface area contributed by atoms with Gasteiger partial charge in [-0.1, -0.05) is 12.1 Å². The van der Waals surface area contributed by atoms with Crippen LogP contribution < -0.4 is 0 Å². The van der Waals surface area contributed by atoms with Gasteiger partial charge in [-0.2, -0.15) is 5.26 Å². The summed E-state index contributed by atoms with van der Waals surface area (Å²) in [5, 5.41) is 8.41. The number of hydrogen-bond acceptors (Lipinski definition) is 2. The molecule has 1 unspecified atom stereocenters. The highest BCUT2D eigenvalue weighted by Gasteiger charge is 2.06. The molecule has 0 saturated heterocycles. The van der Waals surface area contributed by atoms with Gasteiger partial charge in [-0.25, -0.2) is 0 Å². The summed E-state index contributed by atoms with van der Waals surface area (Å²) < 4.78 is 11.4. The van der Waals surface area contributed by atoms with Gasteiger partial charge in [0, 0.05) is 6.42 Å². The summed E-state index contributed by atoms with van der Waals surface area (Å²) in [5.74, 6) is 0.650. The molecule has 14 heavy (non-hydrogen) atoms. The van der Waals surface area contributed by atoms with Crippen LogP contribution in [0.2, 0.25) is 0 Å². The van der Waals surface area contributed by atoms with Crippen LogP contribution in [0.1, 0.15) is 18.9 Å². The molecule has 2 nitrogen and oxygen atoms in total. The van der Waals surface area contributed by atoms with E-state index in [0.717, 1.165) is 16.9 Å². The highest BCUT2D eigenvalue weighted by Crippen LogP contribution is 2.13. The Morgan fingerprint density at radius 3 is 2.50 bits per heavy atom. The quantitative estimate of drug-likeness (QED) is 0.711. The van der Waals surface area contributed by atoms with Gasteiger partial charge in [0.25, 0.3) is 0 Å². The maximum Gasteiger partial charge on any atom is 0.152 e. The summed E-state index contributed by atoms with van der Waals surface area (Å²) in [6, 6.07) is 9.76. The minimum Gasteiger partial charge on any atom is -0.611 e. The molecule has 0 N–H and O–H groups in total. The molecule has 0 radical (unpaired) electrons. The van der Waals surface area contributed by atoms with Crippen LogP contribution in [-0.4, -0.2) is 10.3 Å². The van der Waals surface area contributed by atoms with E-state index in [2.05, 4.69) is 6.07 Å². The molecule has 74 valence electrons. The molecule has 1 aromatic carbocycles. The zero-order valence-corrected chi connectivity index (χ0v) is 9.01. The molecule has 0 saturated carbocycles. The Hall–Kier alpha value is -0.980. The van der Waals surface area contributed by atoms with E-state index < -0.39 is 11.2 Å². The van der Waals surface area contributed by atoms with Crippen LogP contribution in [0, 0.1) is 11.3 Å². The first-order chi connectivity index (χ1) is 6.77. The van der Waals surface area contributed by atoms with Crippen LogP contribution in [0.4, 0.5) is 0 Å². The van der Waals surface area contributed by atoms with Gasteiger partial charge in [-0.15, -0.1) is 0 Å². The van der Waals surface area contributed by atoms with E-state index in [9.17, 15) is 4.55 Å². The van der Waals surface area contributed by atoms with Crippen molar-refractivity contribution in [3.63, 3.8) is 0 Å². The van der Waals surface area contributed by atoms with Crippen LogP contribution in [0.15, 0.2) is 29.2 Å². The molecule has 3 heteroatoms. The van der Waals surface area contributed by atoms with Crippen LogP contribution in [0.5, 0.6) is 0 Å². The van der Waals surface area contributed by atoms with E-state index in [0.29, 0.717) is 12.2 Å². The molecular weight excluding hydrogens is 194 g/mol. The first-order valence-corrected chi connectivity index (χ1v) is 5.94. The van der Waals surface area contributed by atoms with E-state index in [4.69, 9.17) is 5.26 Å². The number of nitriles is 1. The van der Waals surface area contributed by atoms with Crippen LogP contribution in [0.3, 0.4) is 0 Å². The van der Waals surface area contributed by atoms with Crippen LogP contribution in [0.25, 0.3) is 0 Å². The van der Waals surface area contributed by atoms with Gasteiger partial charge in [0.05, 0.1) is 6.07 Å². The van der Waals surface area contributed by atoms with Crippen molar-refractivity contribution in [2.45, 2.75) is 24.7 Å². The monoisotopic (exact) mass is 207 g/mol. The van der Waals surface area contributed by atoms with E-state index in [1.165, 1.54) is 0 Å². The number of rotatable bonds is 4. The molecule has 0 aliphatic carbocycles. The molecule has 0 amide bonds. The van der Waals surface area contributed by atoms with E-state index >= 15 is 0 Å². The second-order valence-electron chi connectivity index (χ2n) is 2.94. The molecule has 0 spiro atoms. The highest BCUT2D eigenvalue weighted by molar-refractivity contribution is 7.91. The fourth-order valence-electron chi connectivity index (χ4n) is 1.17. The predicted molar refractivity (Wildman–Crippen MR) is 57.3 cm³/mol. The van der Waals surface area contributed by atoms with Gasteiger partial charge in [-0.05, 0) is 42.2 Å². The van der Waals surface area contributed by atoms with Gasteiger partial charge in [0.15, 0.2) is 4.90 Å². The smallest absolute Gasteiger partial charge is 0.152 e. The summed E-state index contributed by atoms with van der Waals surface area (Å²) in [4.78, 5) is 0.869. The molecule has 1 atom stereocenters. The Kier molecular flexibility index (Phi) is 4.51. The Bertz CT molecular complexity index is 315. The predicted octanol–water partition coefficient (Wildman–Crippen LogP) is 2.27. The third-order valence-electron chi connectivity index (χ3n) is 1.97. The van der Waals surface area contributed by atoms with Crippen LogP contribution >= 0.6 is 0 Å². The number of hydrogen-bond donors (Lipinski definition) is 0. The van der Waals surface area contributed by atoms with Crippen LogP contribution in [-0.2, 0) is 17.6 Å². The summed E-state index contributed by atoms with van der Waals surface area (Å²) in [6.45, 7) is 1.90. The number of nitrogens with zero attached hydrogens (tertiary/aromatic N) is 1. The van der Waals surface area contributed by atoms with E-state index in [-0.39, 0.29) is 0 Å². The van der Waals surface area contributed by atoms with Crippen molar-refractivity contribution >= 4 is 11.2 Å². The molecule has 1 aromatic rings. The van der Waals surface area contributed by atoms with Crippen molar-refractivity contribution < 1.29 is 4.55 Å². The minimum atomic E-state index is -0.869. The van der Waals surface area contributed by atoms with Crippen molar-refractivity contribution in [2.75, 3.05) is 5.75 Å². The van der Waals surface area contributed by atoms with Crippen molar-refractivity contribution in [3.8, 4) is 6.07 Å². The van der Waals surface area contributed by atoms with Crippen molar-refractivity contribution in [1.82, 2.24) is 0 Å². The Morgan fingerprint density at radius 1 is 1.36 bits per heavy atom. The normalized spacial score (nSPS) is 12.1. The van der Waals surface area contributed by atoms with Gasteiger partial charge < -0.3 is 4.55 Å². The van der Waals surface area contributed by atoms with E-state index in [1.807, 2.05) is 31.2 Å². The lowest BCUT2D eigenvalue weighted by Gasteiger charge is -2.07. The Labute approximate surface area is 87.7 Å². The average Bonchev–Trinajstić information content (AvgIpc) is 2.26. The Morgan fingerprint density at radius 2 is 2.00 bits per heavy atom. The molecule has 0 heterocycles. The van der Waals surface area contributed by atoms with Crippen molar-refractivity contribution in [2.24, 2.45) is 0 Å². The summed E-state index contributed by atoms with van der Waals surface area (Å²) in [7, 11) is 0. The molecule has 1 rings (SSSR count). The van der Waals surface area contributed by atoms with Gasteiger partial charge in [0.1, 0.15) is 5.75 Å². The molecular formula is C11H13NOS. The lowest BCUT2D eigenvalue weighted by Crippen LogP contribution is -2.03. The Balaban J connectivity index is 2.64. The van der Waals surface area contributed by atoms with Gasteiger partial charge in [-0.3, -0.25) is 0 Å². The lowest BCUT2D eigenvalue weighted by atomic mass is 10.1. The van der Waals surface area contributed by atoms with Gasteiger partial charge in [0.2, 0.25) is 0 Å². The lowest BCUT2D eigenvalue weighted by molar-refractivity contribution is 0.596. The number of benzene rings is 1. The topological polar surface area (TPSA) is 46.8 Å². The molecule has 0 bridgehead atoms. The summed E-state index contributed by atoms with van der Waals surface area (Å²) in [5.41, 5.74) is 1.13. The third kappa shape index (κ3) is 3.06. The fourth-order valence-corrected chi connectivity index (χ4v) is 1.95. The molecule has 0 aliphatic rings. The maximum absolute atomic E-state index is 11.4. The SMILES string of the molecule is CC[S+]([O-])c1ccc(CCC#N)cc1. The molecule has 0 aromatic heterocycles. The van der Waals surface area contributed by atoms with Crippen molar-refractivity contribution in [3.05, 3.63) is 29.8 Å². The highest BCUT2D eigenvalue weighted by atomic mass is 32.2. The second kappa shape index (κ2) is 5.69. The zero-order valence-electron chi connectivity index (χ0n) is 8.19. The standard InChI is InChI=1S/C11H13NOS/c1-2-14(13)11-7-5-10(6-8-11)4-3-9-12/h5-8H,2-4H2,1H3. The minimum absolute atomic E-state index is 0.538.